The minimum atomic E-state index is 0.439. The van der Waals surface area contributed by atoms with E-state index in [4.69, 9.17) is 4.74 Å². The molecule has 3 atom stereocenters. The molecule has 0 heterocycles. The van der Waals surface area contributed by atoms with Gasteiger partial charge in [0.05, 0.1) is 7.11 Å². The quantitative estimate of drug-likeness (QED) is 0.829. The van der Waals surface area contributed by atoms with E-state index in [0.717, 1.165) is 24.1 Å². The maximum atomic E-state index is 5.56. The molecule has 1 saturated carbocycles. The molecule has 3 unspecified atom stereocenters. The fourth-order valence-corrected chi connectivity index (χ4v) is 3.38. The summed E-state index contributed by atoms with van der Waals surface area (Å²) < 4.78 is 5.56. The predicted molar refractivity (Wildman–Crippen MR) is 80.5 cm³/mol. The molecule has 0 amide bonds. The molecule has 1 aromatic carbocycles. The van der Waals surface area contributed by atoms with Crippen LogP contribution in [0.15, 0.2) is 24.3 Å². The standard InChI is InChI=1S/C17H27NO/c1-4-12-18-17(14-10-7-8-13(14)2)15-9-5-6-11-16(15)19-3/h5-6,9,11,13-14,17-18H,4,7-8,10,12H2,1-3H3. The van der Waals surface area contributed by atoms with Crippen molar-refractivity contribution in [1.82, 2.24) is 5.32 Å². The highest BCUT2D eigenvalue weighted by atomic mass is 16.5. The van der Waals surface area contributed by atoms with Crippen LogP contribution < -0.4 is 10.1 Å². The van der Waals surface area contributed by atoms with Crippen LogP contribution in [0.5, 0.6) is 5.75 Å². The Hall–Kier alpha value is -1.02. The number of hydrogen-bond acceptors (Lipinski definition) is 2. The molecule has 0 radical (unpaired) electrons. The molecule has 1 aliphatic rings. The lowest BCUT2D eigenvalue weighted by Gasteiger charge is -2.29. The first-order valence-electron chi connectivity index (χ1n) is 7.64. The van der Waals surface area contributed by atoms with Crippen LogP contribution in [0.1, 0.15) is 51.1 Å². The van der Waals surface area contributed by atoms with E-state index in [2.05, 4.69) is 43.4 Å². The van der Waals surface area contributed by atoms with Gasteiger partial charge in [-0.15, -0.1) is 0 Å². The van der Waals surface area contributed by atoms with E-state index in [9.17, 15) is 0 Å². The van der Waals surface area contributed by atoms with Crippen molar-refractivity contribution in [2.45, 2.75) is 45.6 Å². The third-order valence-electron chi connectivity index (χ3n) is 4.44. The van der Waals surface area contributed by atoms with Gasteiger partial charge in [-0.25, -0.2) is 0 Å². The summed E-state index contributed by atoms with van der Waals surface area (Å²) in [5, 5.41) is 3.75. The summed E-state index contributed by atoms with van der Waals surface area (Å²) in [5.74, 6) is 2.57. The molecule has 0 aliphatic heterocycles. The summed E-state index contributed by atoms with van der Waals surface area (Å²) in [6, 6.07) is 8.91. The maximum absolute atomic E-state index is 5.56. The zero-order valence-electron chi connectivity index (χ0n) is 12.5. The minimum Gasteiger partial charge on any atom is -0.496 e. The Morgan fingerprint density at radius 2 is 2.11 bits per heavy atom. The van der Waals surface area contributed by atoms with Gasteiger partial charge >= 0.3 is 0 Å². The van der Waals surface area contributed by atoms with Gasteiger partial charge in [0.2, 0.25) is 0 Å². The first-order chi connectivity index (χ1) is 9.27. The Kier molecular flexibility index (Phi) is 5.26. The molecule has 2 nitrogen and oxygen atoms in total. The summed E-state index contributed by atoms with van der Waals surface area (Å²) in [5.41, 5.74) is 1.33. The molecule has 1 fully saturated rings. The highest BCUT2D eigenvalue weighted by Crippen LogP contribution is 2.42. The summed E-state index contributed by atoms with van der Waals surface area (Å²) in [7, 11) is 1.77. The van der Waals surface area contributed by atoms with Crippen molar-refractivity contribution < 1.29 is 4.74 Å². The topological polar surface area (TPSA) is 21.3 Å². The van der Waals surface area contributed by atoms with Crippen LogP contribution in [0.25, 0.3) is 0 Å². The van der Waals surface area contributed by atoms with E-state index in [1.54, 1.807) is 7.11 Å². The molecule has 0 aromatic heterocycles. The molecule has 1 aliphatic carbocycles. The van der Waals surface area contributed by atoms with Crippen molar-refractivity contribution in [2.24, 2.45) is 11.8 Å². The lowest BCUT2D eigenvalue weighted by molar-refractivity contribution is 0.293. The highest BCUT2D eigenvalue weighted by molar-refractivity contribution is 5.36. The first kappa shape index (κ1) is 14.4. The van der Waals surface area contributed by atoms with Crippen molar-refractivity contribution in [2.75, 3.05) is 13.7 Å². The first-order valence-corrected chi connectivity index (χ1v) is 7.64. The summed E-state index contributed by atoms with van der Waals surface area (Å²) >= 11 is 0. The SMILES string of the molecule is CCCNC(c1ccccc1OC)C1CCCC1C. The van der Waals surface area contributed by atoms with Crippen molar-refractivity contribution in [3.63, 3.8) is 0 Å². The molecule has 2 rings (SSSR count). The molecule has 106 valence electrons. The van der Waals surface area contributed by atoms with Crippen LogP contribution in [0.4, 0.5) is 0 Å². The predicted octanol–water partition coefficient (Wildman–Crippen LogP) is 4.17. The molecule has 2 heteroatoms. The average molecular weight is 261 g/mol. The largest absolute Gasteiger partial charge is 0.496 e. The van der Waals surface area contributed by atoms with E-state index >= 15 is 0 Å². The molecule has 1 aromatic rings. The molecule has 19 heavy (non-hydrogen) atoms. The van der Waals surface area contributed by atoms with Crippen molar-refractivity contribution in [3.05, 3.63) is 29.8 Å². The second kappa shape index (κ2) is 6.95. The van der Waals surface area contributed by atoms with Gasteiger partial charge in [0, 0.05) is 11.6 Å². The van der Waals surface area contributed by atoms with E-state index in [-0.39, 0.29) is 0 Å². The third kappa shape index (κ3) is 3.30. The summed E-state index contributed by atoms with van der Waals surface area (Å²) in [4.78, 5) is 0. The molecular weight excluding hydrogens is 234 g/mol. The number of methoxy groups -OCH3 is 1. The normalized spacial score (nSPS) is 24.4. The minimum absolute atomic E-state index is 0.439. The lowest BCUT2D eigenvalue weighted by atomic mass is 9.85. The van der Waals surface area contributed by atoms with Gasteiger partial charge in [-0.2, -0.15) is 0 Å². The van der Waals surface area contributed by atoms with Gasteiger partial charge in [-0.3, -0.25) is 0 Å². The summed E-state index contributed by atoms with van der Waals surface area (Å²) in [6.45, 7) is 5.70. The summed E-state index contributed by atoms with van der Waals surface area (Å²) in [6.07, 6.45) is 5.24. The number of rotatable bonds is 6. The van der Waals surface area contributed by atoms with E-state index in [1.165, 1.54) is 31.2 Å². The van der Waals surface area contributed by atoms with Gasteiger partial charge in [-0.05, 0) is 37.3 Å². The molecule has 0 bridgehead atoms. The molecular formula is C17H27NO. The van der Waals surface area contributed by atoms with Crippen LogP contribution >= 0.6 is 0 Å². The Bertz CT molecular complexity index is 391. The fourth-order valence-electron chi connectivity index (χ4n) is 3.38. The Balaban J connectivity index is 2.25. The van der Waals surface area contributed by atoms with Crippen LogP contribution in [-0.2, 0) is 0 Å². The van der Waals surface area contributed by atoms with Crippen LogP contribution in [0, 0.1) is 11.8 Å². The number of hydrogen-bond donors (Lipinski definition) is 1. The lowest BCUT2D eigenvalue weighted by Crippen LogP contribution is -2.30. The molecule has 0 spiro atoms. The van der Waals surface area contributed by atoms with Gasteiger partial charge < -0.3 is 10.1 Å². The number of benzene rings is 1. The zero-order valence-corrected chi connectivity index (χ0v) is 12.5. The second-order valence-electron chi connectivity index (χ2n) is 5.75. The van der Waals surface area contributed by atoms with E-state index < -0.39 is 0 Å². The average Bonchev–Trinajstić information content (AvgIpc) is 2.86. The van der Waals surface area contributed by atoms with E-state index in [0.29, 0.717) is 6.04 Å². The van der Waals surface area contributed by atoms with Gasteiger partial charge in [0.15, 0.2) is 0 Å². The third-order valence-corrected chi connectivity index (χ3v) is 4.44. The zero-order chi connectivity index (χ0) is 13.7. The van der Waals surface area contributed by atoms with Crippen molar-refractivity contribution in [1.29, 1.82) is 0 Å². The Morgan fingerprint density at radius 1 is 1.32 bits per heavy atom. The van der Waals surface area contributed by atoms with E-state index in [1.807, 2.05) is 0 Å². The Labute approximate surface area is 117 Å². The number of nitrogens with one attached hydrogen (secondary N) is 1. The van der Waals surface area contributed by atoms with Crippen LogP contribution in [-0.4, -0.2) is 13.7 Å². The van der Waals surface area contributed by atoms with Crippen LogP contribution in [0.2, 0.25) is 0 Å². The molecule has 1 N–H and O–H groups in total. The monoisotopic (exact) mass is 261 g/mol. The van der Waals surface area contributed by atoms with Crippen LogP contribution in [0.3, 0.4) is 0 Å². The highest BCUT2D eigenvalue weighted by Gasteiger charge is 2.32. The number of ether oxygens (including phenoxy) is 1. The maximum Gasteiger partial charge on any atom is 0.123 e. The number of para-hydroxylation sites is 1. The molecule has 0 saturated heterocycles. The Morgan fingerprint density at radius 3 is 2.74 bits per heavy atom. The van der Waals surface area contributed by atoms with Gasteiger partial charge in [0.1, 0.15) is 5.75 Å². The van der Waals surface area contributed by atoms with Crippen molar-refractivity contribution >= 4 is 0 Å². The van der Waals surface area contributed by atoms with Gasteiger partial charge in [-0.1, -0.05) is 44.9 Å². The fraction of sp³-hybridized carbons (Fsp3) is 0.647. The van der Waals surface area contributed by atoms with Crippen molar-refractivity contribution in [3.8, 4) is 5.75 Å². The van der Waals surface area contributed by atoms with Gasteiger partial charge in [0.25, 0.3) is 0 Å². The smallest absolute Gasteiger partial charge is 0.123 e. The second-order valence-corrected chi connectivity index (χ2v) is 5.75.